The van der Waals surface area contributed by atoms with Gasteiger partial charge >= 0.3 is 0 Å². The van der Waals surface area contributed by atoms with E-state index in [2.05, 4.69) is 20.6 Å². The highest BCUT2D eigenvalue weighted by Gasteiger charge is 2.23. The Morgan fingerprint density at radius 3 is 2.91 bits per heavy atom. The third-order valence-electron chi connectivity index (χ3n) is 5.61. The van der Waals surface area contributed by atoms with Gasteiger partial charge in [-0.2, -0.15) is 15.2 Å². The number of hydrogen-bond donors (Lipinski definition) is 4. The quantitative estimate of drug-likeness (QED) is 0.453. The molecular weight excluding hydrogens is 430 g/mol. The first kappa shape index (κ1) is 21.8. The minimum atomic E-state index is -0.483. The Labute approximate surface area is 189 Å². The lowest BCUT2D eigenvalue weighted by molar-refractivity contribution is 0.327. The number of benzene rings is 1. The monoisotopic (exact) mass is 453 g/mol. The van der Waals surface area contributed by atoms with E-state index in [1.165, 1.54) is 0 Å². The van der Waals surface area contributed by atoms with Gasteiger partial charge in [0.15, 0.2) is 5.82 Å². The van der Waals surface area contributed by atoms with Crippen LogP contribution < -0.4 is 27.7 Å². The van der Waals surface area contributed by atoms with Crippen LogP contribution >= 0.6 is 11.6 Å². The number of aromatic nitrogens is 4. The molecule has 1 aliphatic rings. The fourth-order valence-electron chi connectivity index (χ4n) is 4.07. The largest absolute Gasteiger partial charge is 0.382 e. The first-order valence-electron chi connectivity index (χ1n) is 10.4. The zero-order valence-corrected chi connectivity index (χ0v) is 18.4. The van der Waals surface area contributed by atoms with Gasteiger partial charge in [0, 0.05) is 6.54 Å². The lowest BCUT2D eigenvalue weighted by Crippen LogP contribution is -2.37. The molecule has 0 radical (unpaired) electrons. The SMILES string of the molecule is C[C@H](Nc1nc(N)nc(N)c1C#N)c1nc2cccc(Cl)c2c(=O)n1C[C@@H]1CCCNC1. The highest BCUT2D eigenvalue weighted by Crippen LogP contribution is 2.26. The molecule has 10 nitrogen and oxygen atoms in total. The molecule has 0 bridgehead atoms. The Hall–Kier alpha value is -3.42. The van der Waals surface area contributed by atoms with Gasteiger partial charge in [-0.15, -0.1) is 0 Å². The van der Waals surface area contributed by atoms with Gasteiger partial charge in [-0.05, 0) is 50.9 Å². The van der Waals surface area contributed by atoms with Crippen LogP contribution in [-0.4, -0.2) is 32.6 Å². The molecule has 32 heavy (non-hydrogen) atoms. The Bertz CT molecular complexity index is 1260. The van der Waals surface area contributed by atoms with Crippen LogP contribution in [0.1, 0.15) is 37.2 Å². The van der Waals surface area contributed by atoms with Gasteiger partial charge in [0.1, 0.15) is 23.3 Å². The zero-order chi connectivity index (χ0) is 22.8. The molecular formula is C21H24ClN9O. The molecule has 1 saturated heterocycles. The van der Waals surface area contributed by atoms with Crippen molar-refractivity contribution in [3.05, 3.63) is 45.0 Å². The van der Waals surface area contributed by atoms with Crippen molar-refractivity contribution in [1.82, 2.24) is 24.8 Å². The molecule has 166 valence electrons. The maximum Gasteiger partial charge on any atom is 0.262 e. The molecule has 2 atom stereocenters. The van der Waals surface area contributed by atoms with Crippen molar-refractivity contribution in [2.75, 3.05) is 29.9 Å². The Kier molecular flexibility index (Phi) is 6.12. The molecule has 0 spiro atoms. The van der Waals surface area contributed by atoms with E-state index in [0.717, 1.165) is 25.9 Å². The first-order chi connectivity index (χ1) is 15.4. The number of fused-ring (bicyclic) bond motifs is 1. The van der Waals surface area contributed by atoms with Crippen molar-refractivity contribution in [2.45, 2.75) is 32.4 Å². The number of nitrogens with one attached hydrogen (secondary N) is 2. The van der Waals surface area contributed by atoms with E-state index in [0.29, 0.717) is 28.3 Å². The van der Waals surface area contributed by atoms with Gasteiger partial charge in [0.2, 0.25) is 5.95 Å². The molecule has 6 N–H and O–H groups in total. The average Bonchev–Trinajstić information content (AvgIpc) is 2.76. The van der Waals surface area contributed by atoms with Crippen molar-refractivity contribution < 1.29 is 0 Å². The maximum atomic E-state index is 13.5. The van der Waals surface area contributed by atoms with E-state index in [1.807, 2.05) is 13.0 Å². The Morgan fingerprint density at radius 2 is 2.19 bits per heavy atom. The van der Waals surface area contributed by atoms with Crippen LogP contribution in [0, 0.1) is 17.2 Å². The predicted molar refractivity (Wildman–Crippen MR) is 124 cm³/mol. The van der Waals surface area contributed by atoms with Crippen LogP contribution in [0.15, 0.2) is 23.0 Å². The van der Waals surface area contributed by atoms with Crippen molar-refractivity contribution in [3.8, 4) is 6.07 Å². The minimum absolute atomic E-state index is 0.0152. The summed E-state index contributed by atoms with van der Waals surface area (Å²) in [6, 6.07) is 6.71. The molecule has 0 unspecified atom stereocenters. The number of piperidine rings is 1. The van der Waals surface area contributed by atoms with Crippen LogP contribution in [0.25, 0.3) is 10.9 Å². The second kappa shape index (κ2) is 8.98. The van der Waals surface area contributed by atoms with Crippen molar-refractivity contribution in [1.29, 1.82) is 5.26 Å². The van der Waals surface area contributed by atoms with Crippen LogP contribution in [0.3, 0.4) is 0 Å². The molecule has 3 aromatic rings. The molecule has 1 aromatic carbocycles. The van der Waals surface area contributed by atoms with Gasteiger partial charge in [0.25, 0.3) is 5.56 Å². The maximum absolute atomic E-state index is 13.5. The normalized spacial score (nSPS) is 17.1. The molecule has 0 saturated carbocycles. The molecule has 1 aliphatic heterocycles. The third-order valence-corrected chi connectivity index (χ3v) is 5.92. The Balaban J connectivity index is 1.81. The second-order valence-electron chi connectivity index (χ2n) is 7.90. The number of nitrogen functional groups attached to an aromatic ring is 2. The minimum Gasteiger partial charge on any atom is -0.382 e. The zero-order valence-electron chi connectivity index (χ0n) is 17.6. The number of anilines is 3. The lowest BCUT2D eigenvalue weighted by atomic mass is 9.99. The predicted octanol–water partition coefficient (Wildman–Crippen LogP) is 2.05. The van der Waals surface area contributed by atoms with Crippen LogP contribution in [0.5, 0.6) is 0 Å². The molecule has 4 rings (SSSR count). The van der Waals surface area contributed by atoms with Crippen molar-refractivity contribution in [3.63, 3.8) is 0 Å². The van der Waals surface area contributed by atoms with E-state index >= 15 is 0 Å². The summed E-state index contributed by atoms with van der Waals surface area (Å²) < 4.78 is 1.67. The fraction of sp³-hybridized carbons (Fsp3) is 0.381. The van der Waals surface area contributed by atoms with Gasteiger partial charge < -0.3 is 22.1 Å². The van der Waals surface area contributed by atoms with E-state index in [-0.39, 0.29) is 34.6 Å². The number of rotatable bonds is 5. The van der Waals surface area contributed by atoms with Crippen LogP contribution in [0.2, 0.25) is 5.02 Å². The van der Waals surface area contributed by atoms with Crippen LogP contribution in [-0.2, 0) is 6.54 Å². The molecule has 11 heteroatoms. The number of halogens is 1. The summed E-state index contributed by atoms with van der Waals surface area (Å²) in [7, 11) is 0. The molecule has 3 heterocycles. The van der Waals surface area contributed by atoms with E-state index in [4.69, 9.17) is 28.1 Å². The molecule has 1 fully saturated rings. The van der Waals surface area contributed by atoms with E-state index < -0.39 is 6.04 Å². The van der Waals surface area contributed by atoms with Gasteiger partial charge in [-0.1, -0.05) is 17.7 Å². The van der Waals surface area contributed by atoms with Crippen molar-refractivity contribution >= 4 is 40.1 Å². The average molecular weight is 454 g/mol. The third kappa shape index (κ3) is 4.17. The standard InChI is InChI=1S/C21H24ClN9O/c1-11(27-18-13(8-23)17(24)29-21(25)30-18)19-28-15-6-2-5-14(22)16(15)20(32)31(19)10-12-4-3-7-26-9-12/h2,5-6,11-12,26H,3-4,7,9-10H2,1H3,(H5,24,25,27,29,30)/t11-,12+/m0/s1. The van der Waals surface area contributed by atoms with Gasteiger partial charge in [-0.3, -0.25) is 9.36 Å². The summed E-state index contributed by atoms with van der Waals surface area (Å²) in [6.07, 6.45) is 2.06. The molecule has 0 amide bonds. The van der Waals surface area contributed by atoms with E-state index in [9.17, 15) is 10.1 Å². The summed E-state index contributed by atoms with van der Waals surface area (Å²) >= 11 is 6.35. The fourth-order valence-corrected chi connectivity index (χ4v) is 4.32. The summed E-state index contributed by atoms with van der Waals surface area (Å²) in [5.41, 5.74) is 11.9. The highest BCUT2D eigenvalue weighted by molar-refractivity contribution is 6.35. The topological polar surface area (TPSA) is 161 Å². The Morgan fingerprint density at radius 1 is 1.38 bits per heavy atom. The number of nitrogens with two attached hydrogens (primary N) is 2. The first-order valence-corrected chi connectivity index (χ1v) is 10.8. The number of nitriles is 1. The van der Waals surface area contributed by atoms with Crippen LogP contribution in [0.4, 0.5) is 17.6 Å². The summed E-state index contributed by atoms with van der Waals surface area (Å²) in [4.78, 5) is 26.2. The summed E-state index contributed by atoms with van der Waals surface area (Å²) in [5, 5.41) is 16.8. The summed E-state index contributed by atoms with van der Waals surface area (Å²) in [5.74, 6) is 0.916. The second-order valence-corrected chi connectivity index (χ2v) is 8.31. The lowest BCUT2D eigenvalue weighted by Gasteiger charge is -2.26. The molecule has 0 aliphatic carbocycles. The number of nitrogens with zero attached hydrogens (tertiary/aromatic N) is 5. The smallest absolute Gasteiger partial charge is 0.262 e. The van der Waals surface area contributed by atoms with E-state index in [1.54, 1.807) is 22.8 Å². The summed E-state index contributed by atoms with van der Waals surface area (Å²) in [6.45, 7) is 4.14. The molecule has 2 aromatic heterocycles. The van der Waals surface area contributed by atoms with Crippen molar-refractivity contribution in [2.24, 2.45) is 5.92 Å². The van der Waals surface area contributed by atoms with Gasteiger partial charge in [0.05, 0.1) is 22.0 Å². The van der Waals surface area contributed by atoms with Gasteiger partial charge in [-0.25, -0.2) is 4.98 Å². The highest BCUT2D eigenvalue weighted by atomic mass is 35.5. The number of hydrogen-bond acceptors (Lipinski definition) is 9.